The van der Waals surface area contributed by atoms with Gasteiger partial charge in [0, 0.05) is 12.7 Å². The number of ether oxygens (including phenoxy) is 2. The summed E-state index contributed by atoms with van der Waals surface area (Å²) in [7, 11) is 1.61. The maximum Gasteiger partial charge on any atom is 0.338 e. The molecular formula is C33H38N2O10. The minimum absolute atomic E-state index is 0.0642. The molecule has 0 spiro atoms. The Bertz CT molecular complexity index is 1540. The molecule has 45 heavy (non-hydrogen) atoms. The molecular weight excluding hydrogens is 584 g/mol. The first-order valence-corrected chi connectivity index (χ1v) is 14.2. The van der Waals surface area contributed by atoms with Gasteiger partial charge in [-0.1, -0.05) is 25.1 Å². The van der Waals surface area contributed by atoms with Gasteiger partial charge in [0.1, 0.15) is 19.8 Å². The molecule has 0 radical (unpaired) electrons. The number of carbonyl (C=O) groups excluding carboxylic acids is 3. The topological polar surface area (TPSA) is 170 Å². The van der Waals surface area contributed by atoms with Crippen molar-refractivity contribution < 1.29 is 48.7 Å². The number of rotatable bonds is 14. The predicted octanol–water partition coefficient (Wildman–Crippen LogP) is 5.25. The number of anilines is 1. The van der Waals surface area contributed by atoms with Gasteiger partial charge in [-0.25, -0.2) is 20.0 Å². The zero-order valence-corrected chi connectivity index (χ0v) is 25.9. The second-order valence-electron chi connectivity index (χ2n) is 11.1. The van der Waals surface area contributed by atoms with Crippen molar-refractivity contribution in [1.82, 2.24) is 5.48 Å². The zero-order chi connectivity index (χ0) is 33.1. The minimum atomic E-state index is -1.29. The predicted molar refractivity (Wildman–Crippen MR) is 165 cm³/mol. The van der Waals surface area contributed by atoms with Crippen LogP contribution in [0.2, 0.25) is 0 Å². The van der Waals surface area contributed by atoms with E-state index in [9.17, 15) is 24.3 Å². The van der Waals surface area contributed by atoms with Crippen LogP contribution in [0.5, 0.6) is 0 Å². The van der Waals surface area contributed by atoms with Crippen LogP contribution in [0.1, 0.15) is 75.5 Å². The van der Waals surface area contributed by atoms with Crippen LogP contribution in [-0.4, -0.2) is 54.4 Å². The second-order valence-corrected chi connectivity index (χ2v) is 11.1. The van der Waals surface area contributed by atoms with Gasteiger partial charge >= 0.3 is 17.9 Å². The smallest absolute Gasteiger partial charge is 0.338 e. The van der Waals surface area contributed by atoms with Crippen molar-refractivity contribution in [3.05, 3.63) is 88.0 Å². The summed E-state index contributed by atoms with van der Waals surface area (Å²) < 4.78 is 10.4. The number of amides is 1. The Morgan fingerprint density at radius 1 is 0.822 bits per heavy atom. The number of aromatic carboxylic acids is 1. The van der Waals surface area contributed by atoms with Gasteiger partial charge in [-0.2, -0.15) is 0 Å². The third kappa shape index (κ3) is 9.68. The molecule has 0 fully saturated rings. The van der Waals surface area contributed by atoms with E-state index >= 15 is 0 Å². The fourth-order valence-corrected chi connectivity index (χ4v) is 4.25. The summed E-state index contributed by atoms with van der Waals surface area (Å²) in [5, 5.41) is 21.5. The Kier molecular flexibility index (Phi) is 12.3. The summed E-state index contributed by atoms with van der Waals surface area (Å²) in [5.41, 5.74) is 5.37. The highest BCUT2D eigenvalue weighted by atomic mass is 17.1. The van der Waals surface area contributed by atoms with E-state index in [0.29, 0.717) is 28.7 Å². The fraction of sp³-hybridized carbons (Fsp3) is 0.333. The van der Waals surface area contributed by atoms with E-state index in [1.807, 2.05) is 6.92 Å². The molecule has 4 N–H and O–H groups in total. The van der Waals surface area contributed by atoms with Crippen molar-refractivity contribution in [1.29, 1.82) is 0 Å². The molecule has 12 nitrogen and oxygen atoms in total. The summed E-state index contributed by atoms with van der Waals surface area (Å²) in [6.07, 6.45) is 0.542. The van der Waals surface area contributed by atoms with Crippen molar-refractivity contribution >= 4 is 29.5 Å². The van der Waals surface area contributed by atoms with Crippen molar-refractivity contribution in [3.63, 3.8) is 0 Å². The number of carboxylic acids is 1. The van der Waals surface area contributed by atoms with Crippen molar-refractivity contribution in [3.8, 4) is 11.1 Å². The molecule has 3 rings (SSSR count). The summed E-state index contributed by atoms with van der Waals surface area (Å²) >= 11 is 0. The summed E-state index contributed by atoms with van der Waals surface area (Å²) in [6, 6.07) is 14.4. The maximum atomic E-state index is 13.5. The van der Waals surface area contributed by atoms with Gasteiger partial charge in [-0.05, 0) is 91.4 Å². The Hall–Kier alpha value is -4.62. The van der Waals surface area contributed by atoms with Gasteiger partial charge in [0.25, 0.3) is 5.91 Å². The highest BCUT2D eigenvalue weighted by molar-refractivity contribution is 6.11. The molecule has 0 bridgehead atoms. The number of nitrogens with one attached hydrogen (secondary N) is 2. The second kappa shape index (κ2) is 15.9. The number of hydrogen-bond acceptors (Lipinski definition) is 10. The lowest BCUT2D eigenvalue weighted by atomic mass is 9.95. The van der Waals surface area contributed by atoms with Crippen molar-refractivity contribution in [2.75, 3.05) is 25.6 Å². The zero-order valence-electron chi connectivity index (χ0n) is 25.9. The average molecular weight is 623 g/mol. The van der Waals surface area contributed by atoms with Gasteiger partial charge in [0.05, 0.1) is 28.7 Å². The van der Waals surface area contributed by atoms with Crippen LogP contribution < -0.4 is 10.8 Å². The third-order valence-corrected chi connectivity index (χ3v) is 6.68. The van der Waals surface area contributed by atoms with Crippen LogP contribution in [0.4, 0.5) is 5.69 Å². The van der Waals surface area contributed by atoms with Gasteiger partial charge in [0.15, 0.2) is 0 Å². The van der Waals surface area contributed by atoms with Crippen LogP contribution >= 0.6 is 0 Å². The third-order valence-electron chi connectivity index (χ3n) is 6.68. The van der Waals surface area contributed by atoms with Crippen LogP contribution in [-0.2, 0) is 43.6 Å². The lowest BCUT2D eigenvalue weighted by Gasteiger charge is -2.16. The Balaban J connectivity index is 1.86. The number of esters is 2. The molecule has 0 unspecified atom stereocenters. The fourth-order valence-electron chi connectivity index (χ4n) is 4.25. The highest BCUT2D eigenvalue weighted by Gasteiger charge is 2.23. The van der Waals surface area contributed by atoms with Crippen LogP contribution in [0.3, 0.4) is 0 Å². The molecule has 0 saturated carbocycles. The highest BCUT2D eigenvalue weighted by Crippen LogP contribution is 2.27. The largest absolute Gasteiger partial charge is 0.478 e. The first-order valence-electron chi connectivity index (χ1n) is 14.2. The molecule has 12 heteroatoms. The lowest BCUT2D eigenvalue weighted by molar-refractivity contribution is -0.253. The molecule has 240 valence electrons. The Morgan fingerprint density at radius 3 is 2.16 bits per heavy atom. The molecule has 0 atom stereocenters. The molecule has 0 aromatic heterocycles. The summed E-state index contributed by atoms with van der Waals surface area (Å²) in [4.78, 5) is 59.8. The summed E-state index contributed by atoms with van der Waals surface area (Å²) in [5.74, 6) is -3.07. The molecule has 3 aromatic carbocycles. The number of carboxylic acid groups (broad SMARTS) is 1. The normalized spacial score (nSPS) is 11.2. The van der Waals surface area contributed by atoms with E-state index in [4.69, 9.17) is 19.6 Å². The molecule has 0 heterocycles. The Morgan fingerprint density at radius 2 is 1.51 bits per heavy atom. The van der Waals surface area contributed by atoms with Gasteiger partial charge in [0.2, 0.25) is 0 Å². The maximum absolute atomic E-state index is 13.5. The van der Waals surface area contributed by atoms with Crippen molar-refractivity contribution in [2.45, 2.75) is 47.3 Å². The molecule has 0 saturated heterocycles. The van der Waals surface area contributed by atoms with E-state index < -0.39 is 29.2 Å². The van der Waals surface area contributed by atoms with Crippen LogP contribution in [0, 0.1) is 5.41 Å². The first kappa shape index (κ1) is 34.9. The van der Waals surface area contributed by atoms with E-state index in [2.05, 4.69) is 15.7 Å². The lowest BCUT2D eigenvalue weighted by Crippen LogP contribution is -2.25. The number of benzene rings is 3. The van der Waals surface area contributed by atoms with Gasteiger partial charge in [-0.15, -0.1) is 0 Å². The molecule has 0 aliphatic carbocycles. The number of aryl methyl sites for hydroxylation is 1. The van der Waals surface area contributed by atoms with Gasteiger partial charge < -0.3 is 19.9 Å². The quantitative estimate of drug-likeness (QED) is 0.0801. The minimum Gasteiger partial charge on any atom is -0.478 e. The molecule has 0 aliphatic rings. The van der Waals surface area contributed by atoms with E-state index in [-0.39, 0.29) is 48.8 Å². The van der Waals surface area contributed by atoms with Gasteiger partial charge in [-0.3, -0.25) is 19.7 Å². The van der Waals surface area contributed by atoms with E-state index in [1.165, 1.54) is 18.2 Å². The average Bonchev–Trinajstić information content (AvgIpc) is 3.01. The SMILES string of the molecule is CCc1cc(NC(=O)c2cc(-c3ccc(COO)c(CONC)c3)ccc2C(=O)O)cc(C(=O)OCCOC(=O)C(C)(C)C)c1. The summed E-state index contributed by atoms with van der Waals surface area (Å²) in [6.45, 7) is 6.87. The molecule has 0 aliphatic heterocycles. The monoisotopic (exact) mass is 622 g/mol. The van der Waals surface area contributed by atoms with Crippen LogP contribution in [0.15, 0.2) is 54.6 Å². The Labute approximate surface area is 261 Å². The first-order chi connectivity index (χ1) is 21.4. The van der Waals surface area contributed by atoms with Crippen LogP contribution in [0.25, 0.3) is 11.1 Å². The van der Waals surface area contributed by atoms with E-state index in [1.54, 1.807) is 64.2 Å². The standard InChI is InChI=1S/C33H38N2O10/c1-6-20-13-24(31(39)42-11-12-43-32(40)33(2,3)4)16-26(14-20)35-29(36)28-17-22(9-10-27(28)30(37)38)21-7-8-23(19-45-41)25(15-21)18-44-34-5/h7-10,13-17,34,41H,6,11-12,18-19H2,1-5H3,(H,35,36)(H,37,38). The number of hydroxylamine groups is 1. The van der Waals surface area contributed by atoms with E-state index in [0.717, 1.165) is 5.56 Å². The molecule has 1 amide bonds. The number of hydrogen-bond donors (Lipinski definition) is 4. The van der Waals surface area contributed by atoms with Crippen molar-refractivity contribution in [2.24, 2.45) is 5.41 Å². The molecule has 3 aromatic rings. The number of carbonyl (C=O) groups is 4.